The second-order valence-electron chi connectivity index (χ2n) is 5.95. The van der Waals surface area contributed by atoms with E-state index in [1.807, 2.05) is 0 Å². The number of phosphoric ester groups is 1. The van der Waals surface area contributed by atoms with Crippen molar-refractivity contribution in [3.63, 3.8) is 0 Å². The molecule has 0 spiro atoms. The molecule has 0 aromatic carbocycles. The van der Waals surface area contributed by atoms with Crippen LogP contribution in [0.25, 0.3) is 0 Å². The summed E-state index contributed by atoms with van der Waals surface area (Å²) in [6, 6.07) is 0. The smallest absolute Gasteiger partial charge is 0.390 e. The summed E-state index contributed by atoms with van der Waals surface area (Å²) in [6.45, 7) is 3.24. The normalized spacial score (nSPS) is 43.7. The lowest BCUT2D eigenvalue weighted by molar-refractivity contribution is -0.0422. The molecular weight excluding hydrogens is 331 g/mol. The highest BCUT2D eigenvalue weighted by Gasteiger charge is 2.46. The quantitative estimate of drug-likeness (QED) is 0.533. The third-order valence-corrected chi connectivity index (χ3v) is 4.96. The van der Waals surface area contributed by atoms with E-state index in [4.69, 9.17) is 23.3 Å². The maximum Gasteiger partial charge on any atom is 0.472 e. The van der Waals surface area contributed by atoms with Crippen molar-refractivity contribution >= 4 is 7.82 Å². The fraction of sp³-hybridized carbons (Fsp3) is 1.00. The largest absolute Gasteiger partial charge is 0.472 e. The molecule has 2 rings (SSSR count). The van der Waals surface area contributed by atoms with Crippen LogP contribution in [0.2, 0.25) is 0 Å². The van der Waals surface area contributed by atoms with Gasteiger partial charge in [-0.15, -0.1) is 0 Å². The van der Waals surface area contributed by atoms with Gasteiger partial charge in [0.15, 0.2) is 0 Å². The Kier molecular flexibility index (Phi) is 6.57. The number of hydrogen-bond donors (Lipinski definition) is 3. The van der Waals surface area contributed by atoms with E-state index in [2.05, 4.69) is 0 Å². The average molecular weight is 356 g/mol. The highest BCUT2D eigenvalue weighted by Crippen LogP contribution is 2.47. The molecule has 0 saturated carbocycles. The predicted molar refractivity (Wildman–Crippen MR) is 77.8 cm³/mol. The lowest BCUT2D eigenvalue weighted by Crippen LogP contribution is -2.36. The fourth-order valence-corrected chi connectivity index (χ4v) is 3.75. The van der Waals surface area contributed by atoms with Gasteiger partial charge in [-0.1, -0.05) is 0 Å². The van der Waals surface area contributed by atoms with Gasteiger partial charge < -0.3 is 29.3 Å². The molecule has 0 aromatic heterocycles. The van der Waals surface area contributed by atoms with Gasteiger partial charge in [-0.2, -0.15) is 0 Å². The molecule has 9 nitrogen and oxygen atoms in total. The topological polar surface area (TPSA) is 124 Å². The van der Waals surface area contributed by atoms with E-state index in [1.165, 1.54) is 7.11 Å². The minimum atomic E-state index is -4.45. The molecule has 2 heterocycles. The Balaban J connectivity index is 1.90. The first kappa shape index (κ1) is 19.2. The summed E-state index contributed by atoms with van der Waals surface area (Å²) in [5, 5.41) is 19.8. The van der Waals surface area contributed by atoms with Crippen molar-refractivity contribution in [2.45, 2.75) is 63.0 Å². The van der Waals surface area contributed by atoms with E-state index >= 15 is 0 Å². The Morgan fingerprint density at radius 2 is 1.87 bits per heavy atom. The van der Waals surface area contributed by atoms with Crippen LogP contribution in [0, 0.1) is 0 Å². The van der Waals surface area contributed by atoms with Crippen molar-refractivity contribution in [1.82, 2.24) is 0 Å². The van der Waals surface area contributed by atoms with Gasteiger partial charge in [0.2, 0.25) is 0 Å². The first-order valence-electron chi connectivity index (χ1n) is 7.55. The Morgan fingerprint density at radius 1 is 1.17 bits per heavy atom. The molecule has 2 fully saturated rings. The summed E-state index contributed by atoms with van der Waals surface area (Å²) in [7, 11) is -3.00. The molecule has 10 heteroatoms. The van der Waals surface area contributed by atoms with Gasteiger partial charge >= 0.3 is 7.82 Å². The lowest BCUT2D eigenvalue weighted by atomic mass is 10.1. The summed E-state index contributed by atoms with van der Waals surface area (Å²) in [6.07, 6.45) is -4.51. The molecular formula is C13H25O9P. The third kappa shape index (κ3) is 4.94. The highest BCUT2D eigenvalue weighted by atomic mass is 31.2. The number of hydrogen-bond acceptors (Lipinski definition) is 8. The van der Waals surface area contributed by atoms with Crippen molar-refractivity contribution in [2.75, 3.05) is 20.3 Å². The van der Waals surface area contributed by atoms with Crippen molar-refractivity contribution in [3.8, 4) is 0 Å². The Morgan fingerprint density at radius 3 is 2.43 bits per heavy atom. The number of aliphatic hydroxyl groups excluding tert-OH is 2. The van der Waals surface area contributed by atoms with Crippen molar-refractivity contribution in [1.29, 1.82) is 0 Å². The second-order valence-corrected chi connectivity index (χ2v) is 7.35. The van der Waals surface area contributed by atoms with E-state index in [9.17, 15) is 19.7 Å². The molecule has 2 unspecified atom stereocenters. The maximum atomic E-state index is 12.1. The number of aliphatic hydroxyl groups is 2. The van der Waals surface area contributed by atoms with Gasteiger partial charge in [0.05, 0.1) is 31.5 Å². The first-order chi connectivity index (χ1) is 10.7. The zero-order chi connectivity index (χ0) is 17.2. The van der Waals surface area contributed by atoms with Crippen LogP contribution in [0.1, 0.15) is 20.3 Å². The first-order valence-corrected chi connectivity index (χ1v) is 9.04. The minimum absolute atomic E-state index is 0.105. The van der Waals surface area contributed by atoms with Gasteiger partial charge in [-0.3, -0.25) is 9.05 Å². The van der Waals surface area contributed by atoms with E-state index in [0.29, 0.717) is 6.42 Å². The molecule has 2 saturated heterocycles. The summed E-state index contributed by atoms with van der Waals surface area (Å²) in [5.41, 5.74) is 0. The Hall–Kier alpha value is -0.0900. The van der Waals surface area contributed by atoms with Crippen molar-refractivity contribution in [3.05, 3.63) is 0 Å². The molecule has 23 heavy (non-hydrogen) atoms. The molecule has 0 aliphatic carbocycles. The lowest BCUT2D eigenvalue weighted by Gasteiger charge is -2.24. The highest BCUT2D eigenvalue weighted by molar-refractivity contribution is 7.47. The van der Waals surface area contributed by atoms with E-state index < -0.39 is 44.4 Å². The van der Waals surface area contributed by atoms with Crippen LogP contribution in [0.4, 0.5) is 0 Å². The summed E-state index contributed by atoms with van der Waals surface area (Å²) < 4.78 is 37.8. The van der Waals surface area contributed by atoms with Gasteiger partial charge in [-0.25, -0.2) is 4.57 Å². The summed E-state index contributed by atoms with van der Waals surface area (Å²) in [4.78, 5) is 9.84. The van der Waals surface area contributed by atoms with Crippen LogP contribution in [0.3, 0.4) is 0 Å². The van der Waals surface area contributed by atoms with E-state index in [0.717, 1.165) is 0 Å². The van der Waals surface area contributed by atoms with Crippen LogP contribution >= 0.6 is 7.82 Å². The van der Waals surface area contributed by atoms with Crippen LogP contribution in [-0.4, -0.2) is 78.2 Å². The number of ether oxygens (including phenoxy) is 3. The standard InChI is InChI=1S/C13H25O9P/c1-7-4-9(14)10(20-7)6-19-23(16,17)22-13-11(5-18-3)21-8(2)12(13)15/h7-15H,4-6H2,1-3H3,(H,16,17)/t7-,8-,9+,10+,11+,12?,13-/m0/s1. The molecule has 0 amide bonds. The zero-order valence-electron chi connectivity index (χ0n) is 13.4. The average Bonchev–Trinajstić information content (AvgIpc) is 2.91. The van der Waals surface area contributed by atoms with E-state index in [1.54, 1.807) is 13.8 Å². The molecule has 8 atom stereocenters. The van der Waals surface area contributed by atoms with Gasteiger partial charge in [-0.05, 0) is 13.8 Å². The van der Waals surface area contributed by atoms with Crippen molar-refractivity contribution < 1.29 is 42.9 Å². The van der Waals surface area contributed by atoms with Crippen LogP contribution < -0.4 is 0 Å². The SMILES string of the molecule is COC[C@H]1O[C@@H](C)C(O)[C@H]1OP(=O)(O)OC[C@H]1O[C@@H](C)C[C@H]1O. The Labute approximate surface area is 135 Å². The van der Waals surface area contributed by atoms with Gasteiger partial charge in [0, 0.05) is 13.5 Å². The van der Waals surface area contributed by atoms with E-state index in [-0.39, 0.29) is 19.3 Å². The fourth-order valence-electron chi connectivity index (χ4n) is 2.79. The molecule has 3 N–H and O–H groups in total. The van der Waals surface area contributed by atoms with Crippen LogP contribution in [0.15, 0.2) is 0 Å². The second kappa shape index (κ2) is 7.86. The van der Waals surface area contributed by atoms with Gasteiger partial charge in [0.1, 0.15) is 24.4 Å². The predicted octanol–water partition coefficient (Wildman–Crippen LogP) is -0.179. The number of methoxy groups -OCH3 is 1. The molecule has 0 radical (unpaired) electrons. The number of phosphoric acid groups is 1. The molecule has 2 aliphatic heterocycles. The zero-order valence-corrected chi connectivity index (χ0v) is 14.3. The maximum absolute atomic E-state index is 12.1. The monoisotopic (exact) mass is 356 g/mol. The molecule has 0 aromatic rings. The molecule has 0 bridgehead atoms. The molecule has 2 aliphatic rings. The van der Waals surface area contributed by atoms with Crippen LogP contribution in [0.5, 0.6) is 0 Å². The summed E-state index contributed by atoms with van der Waals surface area (Å²) in [5.74, 6) is 0. The summed E-state index contributed by atoms with van der Waals surface area (Å²) >= 11 is 0. The third-order valence-electron chi connectivity index (χ3n) is 3.97. The van der Waals surface area contributed by atoms with Crippen LogP contribution in [-0.2, 0) is 27.8 Å². The number of rotatable bonds is 7. The minimum Gasteiger partial charge on any atom is -0.390 e. The Bertz CT molecular complexity index is 434. The van der Waals surface area contributed by atoms with Gasteiger partial charge in [0.25, 0.3) is 0 Å². The van der Waals surface area contributed by atoms with Crippen molar-refractivity contribution in [2.24, 2.45) is 0 Å². The molecule has 136 valence electrons.